The van der Waals surface area contributed by atoms with Crippen LogP contribution in [0.4, 0.5) is 0 Å². The van der Waals surface area contributed by atoms with E-state index in [0.29, 0.717) is 24.5 Å². The molecule has 0 aromatic carbocycles. The van der Waals surface area contributed by atoms with E-state index < -0.39 is 5.54 Å². The molecule has 0 aliphatic heterocycles. The summed E-state index contributed by atoms with van der Waals surface area (Å²) in [5, 5.41) is 3.55. The first-order valence-corrected chi connectivity index (χ1v) is 7.72. The summed E-state index contributed by atoms with van der Waals surface area (Å²) in [6.45, 7) is 15.2. The zero-order valence-corrected chi connectivity index (χ0v) is 13.9. The van der Waals surface area contributed by atoms with Crippen molar-refractivity contribution in [1.82, 2.24) is 5.32 Å². The molecule has 0 saturated carbocycles. The fraction of sp³-hybridized carbons (Fsp3) is 0.938. The van der Waals surface area contributed by atoms with Crippen LogP contribution >= 0.6 is 0 Å². The van der Waals surface area contributed by atoms with E-state index >= 15 is 0 Å². The molecule has 0 aliphatic carbocycles. The second-order valence-corrected chi connectivity index (χ2v) is 6.45. The maximum atomic E-state index is 12.5. The highest BCUT2D eigenvalue weighted by Crippen LogP contribution is 2.27. The summed E-state index contributed by atoms with van der Waals surface area (Å²) in [6.07, 6.45) is 2.67. The molecular formula is C16H33NO2. The fourth-order valence-electron chi connectivity index (χ4n) is 2.66. The molecule has 0 aromatic rings. The van der Waals surface area contributed by atoms with Crippen molar-refractivity contribution in [3.05, 3.63) is 0 Å². The van der Waals surface area contributed by atoms with Crippen LogP contribution < -0.4 is 5.32 Å². The molecule has 1 N–H and O–H groups in total. The highest BCUT2D eigenvalue weighted by Gasteiger charge is 2.41. The summed E-state index contributed by atoms with van der Waals surface area (Å²) in [4.78, 5) is 12.5. The second kappa shape index (κ2) is 8.57. The van der Waals surface area contributed by atoms with Crippen LogP contribution in [0.2, 0.25) is 0 Å². The zero-order chi connectivity index (χ0) is 15.1. The molecule has 0 fully saturated rings. The SMILES string of the molecule is CCOC(=O)C(CC(C)C)(CC(C)C)NC(C)CC. The van der Waals surface area contributed by atoms with E-state index in [4.69, 9.17) is 4.74 Å². The Morgan fingerprint density at radius 2 is 1.53 bits per heavy atom. The van der Waals surface area contributed by atoms with Gasteiger partial charge in [0.1, 0.15) is 5.54 Å². The first-order chi connectivity index (χ1) is 8.77. The fourth-order valence-corrected chi connectivity index (χ4v) is 2.66. The van der Waals surface area contributed by atoms with Gasteiger partial charge in [-0.2, -0.15) is 0 Å². The van der Waals surface area contributed by atoms with Crippen LogP contribution in [-0.2, 0) is 9.53 Å². The lowest BCUT2D eigenvalue weighted by molar-refractivity contribution is -0.153. The Morgan fingerprint density at radius 3 is 1.84 bits per heavy atom. The molecule has 0 saturated heterocycles. The lowest BCUT2D eigenvalue weighted by atomic mass is 9.81. The van der Waals surface area contributed by atoms with Crippen molar-refractivity contribution in [2.45, 2.75) is 79.3 Å². The lowest BCUT2D eigenvalue weighted by Gasteiger charge is -2.37. The van der Waals surface area contributed by atoms with Crippen LogP contribution in [0.5, 0.6) is 0 Å². The first kappa shape index (κ1) is 18.4. The normalized spacial score (nSPS) is 13.9. The smallest absolute Gasteiger partial charge is 0.326 e. The van der Waals surface area contributed by atoms with Crippen LogP contribution in [0, 0.1) is 11.8 Å². The van der Waals surface area contributed by atoms with Crippen molar-refractivity contribution >= 4 is 5.97 Å². The average Bonchev–Trinajstić information content (AvgIpc) is 2.27. The van der Waals surface area contributed by atoms with Crippen LogP contribution in [0.25, 0.3) is 0 Å². The Hall–Kier alpha value is -0.570. The lowest BCUT2D eigenvalue weighted by Crippen LogP contribution is -2.57. The number of carbonyl (C=O) groups is 1. The van der Waals surface area contributed by atoms with Crippen molar-refractivity contribution in [3.8, 4) is 0 Å². The van der Waals surface area contributed by atoms with E-state index in [1.807, 2.05) is 6.92 Å². The van der Waals surface area contributed by atoms with Crippen molar-refractivity contribution in [2.24, 2.45) is 11.8 Å². The summed E-state index contributed by atoms with van der Waals surface area (Å²) in [7, 11) is 0. The number of hydrogen-bond donors (Lipinski definition) is 1. The number of rotatable bonds is 9. The average molecular weight is 271 g/mol. The summed E-state index contributed by atoms with van der Waals surface area (Å²) in [5.74, 6) is 0.831. The molecule has 114 valence electrons. The molecular weight excluding hydrogens is 238 g/mol. The van der Waals surface area contributed by atoms with E-state index in [9.17, 15) is 4.79 Å². The standard InChI is InChI=1S/C16H33NO2/c1-8-14(7)17-16(10-12(3)4,11-13(5)6)15(18)19-9-2/h12-14,17H,8-11H2,1-7H3. The summed E-state index contributed by atoms with van der Waals surface area (Å²) in [5.41, 5.74) is -0.534. The van der Waals surface area contributed by atoms with E-state index in [1.54, 1.807) is 0 Å². The Morgan fingerprint density at radius 1 is 1.05 bits per heavy atom. The van der Waals surface area contributed by atoms with E-state index in [-0.39, 0.29) is 5.97 Å². The molecule has 0 radical (unpaired) electrons. The van der Waals surface area contributed by atoms with E-state index in [1.165, 1.54) is 0 Å². The molecule has 0 bridgehead atoms. The van der Waals surface area contributed by atoms with Gasteiger partial charge in [-0.25, -0.2) is 0 Å². The predicted molar refractivity (Wildman–Crippen MR) is 81.2 cm³/mol. The maximum absolute atomic E-state index is 12.5. The topological polar surface area (TPSA) is 38.3 Å². The highest BCUT2D eigenvalue weighted by atomic mass is 16.5. The highest BCUT2D eigenvalue weighted by molar-refractivity contribution is 5.81. The Balaban J connectivity index is 5.23. The van der Waals surface area contributed by atoms with Gasteiger partial charge in [-0.3, -0.25) is 10.1 Å². The quantitative estimate of drug-likeness (QED) is 0.649. The summed E-state index contributed by atoms with van der Waals surface area (Å²) < 4.78 is 5.35. The minimum Gasteiger partial charge on any atom is -0.465 e. The number of hydrogen-bond acceptors (Lipinski definition) is 3. The summed E-state index contributed by atoms with van der Waals surface area (Å²) >= 11 is 0. The summed E-state index contributed by atoms with van der Waals surface area (Å²) in [6, 6.07) is 0.321. The molecule has 3 nitrogen and oxygen atoms in total. The van der Waals surface area contributed by atoms with Crippen LogP contribution in [0.1, 0.15) is 67.7 Å². The number of nitrogens with one attached hydrogen (secondary N) is 1. The Labute approximate surface area is 119 Å². The third kappa shape index (κ3) is 6.42. The zero-order valence-electron chi connectivity index (χ0n) is 13.9. The van der Waals surface area contributed by atoms with Crippen molar-refractivity contribution < 1.29 is 9.53 Å². The molecule has 1 unspecified atom stereocenters. The number of esters is 1. The molecule has 3 heteroatoms. The van der Waals surface area contributed by atoms with Gasteiger partial charge in [0.05, 0.1) is 6.61 Å². The molecule has 19 heavy (non-hydrogen) atoms. The van der Waals surface area contributed by atoms with Crippen molar-refractivity contribution in [1.29, 1.82) is 0 Å². The number of ether oxygens (including phenoxy) is 1. The van der Waals surface area contributed by atoms with Gasteiger partial charge in [-0.05, 0) is 44.9 Å². The molecule has 0 rings (SSSR count). The Kier molecular flexibility index (Phi) is 8.31. The molecule has 0 amide bonds. The van der Waals surface area contributed by atoms with Crippen LogP contribution in [-0.4, -0.2) is 24.2 Å². The molecule has 0 aromatic heterocycles. The predicted octanol–water partition coefficient (Wildman–Crippen LogP) is 3.77. The van der Waals surface area contributed by atoms with Crippen molar-refractivity contribution in [3.63, 3.8) is 0 Å². The molecule has 0 heterocycles. The van der Waals surface area contributed by atoms with Gasteiger partial charge >= 0.3 is 5.97 Å². The van der Waals surface area contributed by atoms with Crippen molar-refractivity contribution in [2.75, 3.05) is 6.61 Å². The number of carbonyl (C=O) groups excluding carboxylic acids is 1. The minimum atomic E-state index is -0.534. The largest absolute Gasteiger partial charge is 0.465 e. The van der Waals surface area contributed by atoms with Gasteiger partial charge in [0.25, 0.3) is 0 Å². The molecule has 0 spiro atoms. The minimum absolute atomic E-state index is 0.0855. The Bertz CT molecular complexity index is 251. The second-order valence-electron chi connectivity index (χ2n) is 6.45. The monoisotopic (exact) mass is 271 g/mol. The third-order valence-corrected chi connectivity index (χ3v) is 3.31. The van der Waals surface area contributed by atoms with Gasteiger partial charge in [-0.1, -0.05) is 34.6 Å². The van der Waals surface area contributed by atoms with Crippen LogP contribution in [0.15, 0.2) is 0 Å². The van der Waals surface area contributed by atoms with Gasteiger partial charge < -0.3 is 4.74 Å². The van der Waals surface area contributed by atoms with Gasteiger partial charge in [0.2, 0.25) is 0 Å². The first-order valence-electron chi connectivity index (χ1n) is 7.72. The molecule has 0 aliphatic rings. The van der Waals surface area contributed by atoms with E-state index in [0.717, 1.165) is 19.3 Å². The van der Waals surface area contributed by atoms with Gasteiger partial charge in [0, 0.05) is 6.04 Å². The third-order valence-electron chi connectivity index (χ3n) is 3.31. The van der Waals surface area contributed by atoms with E-state index in [2.05, 4.69) is 46.9 Å². The maximum Gasteiger partial charge on any atom is 0.326 e. The molecule has 1 atom stereocenters. The van der Waals surface area contributed by atoms with Crippen LogP contribution in [0.3, 0.4) is 0 Å². The van der Waals surface area contributed by atoms with Gasteiger partial charge in [-0.15, -0.1) is 0 Å². The van der Waals surface area contributed by atoms with Gasteiger partial charge in [0.15, 0.2) is 0 Å².